The van der Waals surface area contributed by atoms with Gasteiger partial charge < -0.3 is 10.1 Å². The summed E-state index contributed by atoms with van der Waals surface area (Å²) in [7, 11) is 0. The summed E-state index contributed by atoms with van der Waals surface area (Å²) in [5.74, 6) is 0.557. The molecule has 0 saturated carbocycles. The monoisotopic (exact) mass is 339 g/mol. The number of hydrogen-bond acceptors (Lipinski definition) is 4. The van der Waals surface area contributed by atoms with Crippen LogP contribution in [0.25, 0.3) is 0 Å². The Morgan fingerprint density at radius 2 is 2.00 bits per heavy atom. The number of rotatable bonds is 2. The van der Waals surface area contributed by atoms with E-state index in [0.717, 1.165) is 11.3 Å². The van der Waals surface area contributed by atoms with Gasteiger partial charge in [-0.3, -0.25) is 15.0 Å². The average molecular weight is 339 g/mol. The lowest BCUT2D eigenvalue weighted by atomic mass is 9.90. The Hall–Kier alpha value is -3.09. The molecule has 128 valence electrons. The molecule has 7 heteroatoms. The van der Waals surface area contributed by atoms with E-state index >= 15 is 0 Å². The van der Waals surface area contributed by atoms with Crippen molar-refractivity contribution in [2.45, 2.75) is 32.0 Å². The van der Waals surface area contributed by atoms with Crippen molar-refractivity contribution in [1.82, 2.24) is 5.32 Å². The maximum absolute atomic E-state index is 12.7. The second-order valence-corrected chi connectivity index (χ2v) is 6.63. The van der Waals surface area contributed by atoms with Gasteiger partial charge in [0.15, 0.2) is 5.72 Å². The number of nitro benzene ring substituents is 1. The molecule has 25 heavy (non-hydrogen) atoms. The Morgan fingerprint density at radius 1 is 1.28 bits per heavy atom. The molecule has 7 nitrogen and oxygen atoms in total. The molecule has 2 unspecified atom stereocenters. The first-order chi connectivity index (χ1) is 11.9. The van der Waals surface area contributed by atoms with Gasteiger partial charge in [-0.2, -0.15) is 0 Å². The second-order valence-electron chi connectivity index (χ2n) is 6.63. The molecule has 2 aromatic carbocycles. The van der Waals surface area contributed by atoms with Crippen LogP contribution in [0, 0.1) is 17.0 Å². The van der Waals surface area contributed by atoms with Crippen LogP contribution < -0.4 is 15.0 Å². The van der Waals surface area contributed by atoms with Crippen LogP contribution in [0.3, 0.4) is 0 Å². The Bertz CT molecular complexity index is 880. The number of non-ortho nitro benzene ring substituents is 1. The molecule has 2 aromatic rings. The maximum Gasteiger partial charge on any atom is 0.325 e. The molecule has 2 heterocycles. The molecule has 2 amide bonds. The van der Waals surface area contributed by atoms with Crippen LogP contribution in [0.15, 0.2) is 42.5 Å². The molecule has 4 rings (SSSR count). The van der Waals surface area contributed by atoms with Crippen LogP contribution in [0.4, 0.5) is 16.2 Å². The van der Waals surface area contributed by atoms with Gasteiger partial charge in [-0.1, -0.05) is 17.7 Å². The van der Waals surface area contributed by atoms with E-state index in [9.17, 15) is 14.9 Å². The lowest BCUT2D eigenvalue weighted by Crippen LogP contribution is -2.65. The fourth-order valence-corrected chi connectivity index (χ4v) is 3.56. The number of aryl methyl sites for hydroxylation is 1. The Morgan fingerprint density at radius 3 is 2.68 bits per heavy atom. The standard InChI is InChI=1S/C18H17N3O4/c1-11-3-5-12(6-4-11)20-17(22)19-15-10-18(20,2)25-16-8-7-13(21(23)24)9-14(15)16/h3-9,15H,10H2,1-2H3,(H,19,22). The molecule has 0 aliphatic carbocycles. The fraction of sp³-hybridized carbons (Fsp3) is 0.278. The molecule has 1 N–H and O–H groups in total. The van der Waals surface area contributed by atoms with Crippen molar-refractivity contribution >= 4 is 17.4 Å². The number of ether oxygens (including phenoxy) is 1. The van der Waals surface area contributed by atoms with Gasteiger partial charge in [0.2, 0.25) is 0 Å². The van der Waals surface area contributed by atoms with Gasteiger partial charge in [-0.15, -0.1) is 0 Å². The first-order valence-corrected chi connectivity index (χ1v) is 8.02. The molecule has 1 fully saturated rings. The number of amides is 2. The lowest BCUT2D eigenvalue weighted by Gasteiger charge is -2.50. The normalized spacial score (nSPS) is 24.2. The highest BCUT2D eigenvalue weighted by Crippen LogP contribution is 2.46. The van der Waals surface area contributed by atoms with Gasteiger partial charge in [0, 0.05) is 29.8 Å². The molecule has 1 saturated heterocycles. The highest BCUT2D eigenvalue weighted by molar-refractivity contribution is 5.95. The number of carbonyl (C=O) groups excluding carboxylic acids is 1. The summed E-state index contributed by atoms with van der Waals surface area (Å²) in [5.41, 5.74) is 1.62. The topological polar surface area (TPSA) is 84.7 Å². The van der Waals surface area contributed by atoms with Crippen LogP contribution >= 0.6 is 0 Å². The number of carbonyl (C=O) groups is 1. The molecule has 2 bridgehead atoms. The fourth-order valence-electron chi connectivity index (χ4n) is 3.56. The predicted octanol–water partition coefficient (Wildman–Crippen LogP) is 3.67. The van der Waals surface area contributed by atoms with Crippen LogP contribution in [0.5, 0.6) is 5.75 Å². The number of nitro groups is 1. The number of anilines is 1. The highest BCUT2D eigenvalue weighted by atomic mass is 16.6. The van der Waals surface area contributed by atoms with Crippen molar-refractivity contribution in [3.05, 3.63) is 63.7 Å². The Labute approximate surface area is 144 Å². The van der Waals surface area contributed by atoms with E-state index in [1.807, 2.05) is 38.1 Å². The molecule has 0 aromatic heterocycles. The minimum Gasteiger partial charge on any atom is -0.467 e. The van der Waals surface area contributed by atoms with Gasteiger partial charge in [0.1, 0.15) is 5.75 Å². The van der Waals surface area contributed by atoms with Crippen LogP contribution in [0.2, 0.25) is 0 Å². The second kappa shape index (κ2) is 5.20. The number of nitrogens with one attached hydrogen (secondary N) is 1. The first kappa shape index (κ1) is 15.4. The number of hydrogen-bond donors (Lipinski definition) is 1. The van der Waals surface area contributed by atoms with Crippen molar-refractivity contribution in [1.29, 1.82) is 0 Å². The first-order valence-electron chi connectivity index (χ1n) is 8.02. The third kappa shape index (κ3) is 2.39. The predicted molar refractivity (Wildman–Crippen MR) is 91.7 cm³/mol. The van der Waals surface area contributed by atoms with E-state index in [1.165, 1.54) is 12.1 Å². The third-order valence-electron chi connectivity index (χ3n) is 4.76. The summed E-state index contributed by atoms with van der Waals surface area (Å²) >= 11 is 0. The minimum absolute atomic E-state index is 0.0128. The number of nitrogens with zero attached hydrogens (tertiary/aromatic N) is 2. The molecule has 2 aliphatic heterocycles. The van der Waals surface area contributed by atoms with E-state index in [-0.39, 0.29) is 17.8 Å². The van der Waals surface area contributed by atoms with Gasteiger partial charge in [0.05, 0.1) is 11.0 Å². The quantitative estimate of drug-likeness (QED) is 0.668. The Kier molecular flexibility index (Phi) is 3.21. The molecule has 0 radical (unpaired) electrons. The smallest absolute Gasteiger partial charge is 0.325 e. The molecule has 0 spiro atoms. The summed E-state index contributed by atoms with van der Waals surface area (Å²) in [6.07, 6.45) is 0.501. The van der Waals surface area contributed by atoms with Crippen molar-refractivity contribution in [3.63, 3.8) is 0 Å². The largest absolute Gasteiger partial charge is 0.467 e. The van der Waals surface area contributed by atoms with Gasteiger partial charge in [0.25, 0.3) is 5.69 Å². The van der Waals surface area contributed by atoms with E-state index < -0.39 is 10.6 Å². The van der Waals surface area contributed by atoms with Crippen molar-refractivity contribution in [2.75, 3.05) is 4.90 Å². The molecular formula is C18H17N3O4. The van der Waals surface area contributed by atoms with Crippen molar-refractivity contribution in [2.24, 2.45) is 0 Å². The summed E-state index contributed by atoms with van der Waals surface area (Å²) in [6, 6.07) is 11.6. The van der Waals surface area contributed by atoms with Gasteiger partial charge in [-0.25, -0.2) is 4.79 Å². The number of fused-ring (bicyclic) bond motifs is 4. The van der Waals surface area contributed by atoms with E-state index in [0.29, 0.717) is 17.7 Å². The van der Waals surface area contributed by atoms with Crippen molar-refractivity contribution < 1.29 is 14.5 Å². The minimum atomic E-state index is -0.856. The summed E-state index contributed by atoms with van der Waals surface area (Å²) in [4.78, 5) is 24.9. The zero-order chi connectivity index (χ0) is 17.8. The van der Waals surface area contributed by atoms with E-state index in [2.05, 4.69) is 5.32 Å². The molecule has 2 atom stereocenters. The zero-order valence-electron chi connectivity index (χ0n) is 13.9. The number of urea groups is 1. The number of benzene rings is 2. The summed E-state index contributed by atoms with van der Waals surface area (Å²) < 4.78 is 6.14. The SMILES string of the molecule is Cc1ccc(N2C(=O)NC3CC2(C)Oc2ccc([N+](=O)[O-])cc23)cc1. The highest BCUT2D eigenvalue weighted by Gasteiger charge is 2.50. The van der Waals surface area contributed by atoms with Crippen molar-refractivity contribution in [3.8, 4) is 5.75 Å². The molecular weight excluding hydrogens is 322 g/mol. The zero-order valence-corrected chi connectivity index (χ0v) is 13.9. The van der Waals surface area contributed by atoms with Gasteiger partial charge in [-0.05, 0) is 32.0 Å². The third-order valence-corrected chi connectivity index (χ3v) is 4.76. The van der Waals surface area contributed by atoms with Crippen LogP contribution in [0.1, 0.15) is 30.5 Å². The van der Waals surface area contributed by atoms with Crippen LogP contribution in [-0.4, -0.2) is 16.7 Å². The Balaban J connectivity index is 1.77. The lowest BCUT2D eigenvalue weighted by molar-refractivity contribution is -0.385. The molecule has 2 aliphatic rings. The summed E-state index contributed by atoms with van der Waals surface area (Å²) in [6.45, 7) is 3.85. The van der Waals surface area contributed by atoms with Gasteiger partial charge >= 0.3 is 6.03 Å². The van der Waals surface area contributed by atoms with E-state index in [1.54, 1.807) is 11.0 Å². The maximum atomic E-state index is 12.7. The van der Waals surface area contributed by atoms with Crippen LogP contribution in [-0.2, 0) is 0 Å². The summed E-state index contributed by atoms with van der Waals surface area (Å²) in [5, 5.41) is 14.0. The average Bonchev–Trinajstić information content (AvgIpc) is 2.55. The van der Waals surface area contributed by atoms with E-state index in [4.69, 9.17) is 4.74 Å².